The zero-order valence-electron chi connectivity index (χ0n) is 14.6. The van der Waals surface area contributed by atoms with E-state index in [1.807, 2.05) is 30.3 Å². The fourth-order valence-corrected chi connectivity index (χ4v) is 3.17. The molecule has 3 aromatic rings. The van der Waals surface area contributed by atoms with Crippen LogP contribution >= 0.6 is 0 Å². The number of benzene rings is 2. The van der Waals surface area contributed by atoms with Crippen molar-refractivity contribution in [3.8, 4) is 0 Å². The lowest BCUT2D eigenvalue weighted by atomic mass is 9.93. The number of halogens is 1. The maximum atomic E-state index is 13.5. The van der Waals surface area contributed by atoms with E-state index in [1.54, 1.807) is 23.7 Å². The van der Waals surface area contributed by atoms with Gasteiger partial charge in [0.25, 0.3) is 0 Å². The molecule has 0 spiro atoms. The molecule has 7 heteroatoms. The van der Waals surface area contributed by atoms with Gasteiger partial charge in [-0.25, -0.2) is 13.9 Å². The van der Waals surface area contributed by atoms with Gasteiger partial charge in [0, 0.05) is 0 Å². The Bertz CT molecular complexity index is 996. The molecule has 0 unspecified atom stereocenters. The van der Waals surface area contributed by atoms with Crippen molar-refractivity contribution in [3.05, 3.63) is 83.4 Å². The van der Waals surface area contributed by atoms with Gasteiger partial charge in [-0.05, 0) is 30.2 Å². The molecule has 0 radical (unpaired) electrons. The molecule has 0 amide bonds. The summed E-state index contributed by atoms with van der Waals surface area (Å²) in [7, 11) is 0. The first-order valence-corrected chi connectivity index (χ1v) is 8.57. The zero-order valence-corrected chi connectivity index (χ0v) is 14.6. The van der Waals surface area contributed by atoms with Crippen LogP contribution in [0, 0.1) is 5.82 Å². The van der Waals surface area contributed by atoms with Gasteiger partial charge >= 0.3 is 5.97 Å². The largest absolute Gasteiger partial charge is 0.463 e. The highest BCUT2D eigenvalue weighted by molar-refractivity contribution is 6.02. The van der Waals surface area contributed by atoms with E-state index < -0.39 is 12.0 Å². The van der Waals surface area contributed by atoms with Gasteiger partial charge in [0.2, 0.25) is 5.95 Å². The number of nitrogens with zero attached hydrogens (tertiary/aromatic N) is 3. The molecule has 1 aliphatic heterocycles. The first-order chi connectivity index (χ1) is 13.2. The topological polar surface area (TPSA) is 69.0 Å². The fraction of sp³-hybridized carbons (Fsp3) is 0.150. The summed E-state index contributed by atoms with van der Waals surface area (Å²) in [5.74, 6) is -0.313. The van der Waals surface area contributed by atoms with Crippen molar-refractivity contribution in [1.82, 2.24) is 14.8 Å². The number of carbonyl (C=O) groups excluding carboxylic acids is 1. The first kappa shape index (κ1) is 17.0. The van der Waals surface area contributed by atoms with Crippen LogP contribution in [0.2, 0.25) is 0 Å². The molecule has 4 rings (SSSR count). The molecule has 1 atom stereocenters. The van der Waals surface area contributed by atoms with Gasteiger partial charge in [0.1, 0.15) is 18.2 Å². The van der Waals surface area contributed by atoms with Crippen LogP contribution in [0.3, 0.4) is 0 Å². The monoisotopic (exact) mass is 364 g/mol. The van der Waals surface area contributed by atoms with E-state index in [2.05, 4.69) is 15.4 Å². The molecule has 2 heterocycles. The van der Waals surface area contributed by atoms with Gasteiger partial charge in [0.05, 0.1) is 17.9 Å². The van der Waals surface area contributed by atoms with Crippen molar-refractivity contribution >= 4 is 17.6 Å². The molecule has 2 aromatic carbocycles. The summed E-state index contributed by atoms with van der Waals surface area (Å²) in [6, 6.07) is 14.9. The standard InChI is InChI=1S/C20H17FN4O2/c1-2-27-19(26)16-17(13-6-4-3-5-7-13)24-20-22-12-23-25(20)18(16)14-8-10-15(21)11-9-14/h3-12,18H,2H2,1H3,(H,22,23,24)/t18-/m0/s1. The van der Waals surface area contributed by atoms with E-state index in [0.29, 0.717) is 22.8 Å². The Kier molecular flexibility index (Phi) is 4.42. The lowest BCUT2D eigenvalue weighted by Gasteiger charge is -2.29. The lowest BCUT2D eigenvalue weighted by molar-refractivity contribution is -0.138. The van der Waals surface area contributed by atoms with Gasteiger partial charge in [0.15, 0.2) is 0 Å². The number of fused-ring (bicyclic) bond motifs is 1. The Balaban J connectivity index is 1.95. The van der Waals surface area contributed by atoms with E-state index >= 15 is 0 Å². The minimum absolute atomic E-state index is 0.241. The Hall–Kier alpha value is -3.48. The number of ether oxygens (including phenoxy) is 1. The van der Waals surface area contributed by atoms with Gasteiger partial charge in [-0.2, -0.15) is 10.1 Å². The first-order valence-electron chi connectivity index (χ1n) is 8.57. The number of rotatable bonds is 4. The summed E-state index contributed by atoms with van der Waals surface area (Å²) in [5.41, 5.74) is 2.53. The van der Waals surface area contributed by atoms with E-state index in [-0.39, 0.29) is 12.4 Å². The van der Waals surface area contributed by atoms with Crippen LogP contribution in [0.15, 0.2) is 66.5 Å². The SMILES string of the molecule is CCOC(=O)C1=C(c2ccccc2)Nc2ncnn2[C@H]1c1ccc(F)cc1. The molecule has 1 N–H and O–H groups in total. The van der Waals surface area contributed by atoms with Gasteiger partial charge in [-0.3, -0.25) is 0 Å². The van der Waals surface area contributed by atoms with E-state index in [4.69, 9.17) is 4.74 Å². The van der Waals surface area contributed by atoms with Gasteiger partial charge < -0.3 is 10.1 Å². The Morgan fingerprint density at radius 1 is 1.19 bits per heavy atom. The molecule has 0 aliphatic carbocycles. The van der Waals surface area contributed by atoms with E-state index in [1.165, 1.54) is 18.5 Å². The van der Waals surface area contributed by atoms with Crippen LogP contribution in [0.5, 0.6) is 0 Å². The minimum Gasteiger partial charge on any atom is -0.463 e. The third-order valence-corrected chi connectivity index (χ3v) is 4.34. The third kappa shape index (κ3) is 3.08. The predicted molar refractivity (Wildman–Crippen MR) is 98.2 cm³/mol. The number of hydrogen-bond donors (Lipinski definition) is 1. The molecule has 0 saturated heterocycles. The van der Waals surface area contributed by atoms with Crippen molar-refractivity contribution in [2.24, 2.45) is 0 Å². The van der Waals surface area contributed by atoms with E-state index in [0.717, 1.165) is 5.56 Å². The molecule has 0 saturated carbocycles. The zero-order chi connectivity index (χ0) is 18.8. The van der Waals surface area contributed by atoms with Crippen LogP contribution in [0.1, 0.15) is 24.1 Å². The number of hydrogen-bond acceptors (Lipinski definition) is 5. The summed E-state index contributed by atoms with van der Waals surface area (Å²) in [6.45, 7) is 2.00. The summed E-state index contributed by atoms with van der Waals surface area (Å²) in [6.07, 6.45) is 1.41. The smallest absolute Gasteiger partial charge is 0.338 e. The van der Waals surface area contributed by atoms with Gasteiger partial charge in [-0.1, -0.05) is 42.5 Å². The quantitative estimate of drug-likeness (QED) is 0.719. The van der Waals surface area contributed by atoms with Crippen LogP contribution in [-0.4, -0.2) is 27.3 Å². The second kappa shape index (κ2) is 7.03. The molecule has 1 aliphatic rings. The molecule has 0 fully saturated rings. The summed E-state index contributed by atoms with van der Waals surface area (Å²) in [5, 5.41) is 7.45. The van der Waals surface area contributed by atoms with Crippen molar-refractivity contribution in [1.29, 1.82) is 0 Å². The van der Waals surface area contributed by atoms with Crippen molar-refractivity contribution in [2.75, 3.05) is 11.9 Å². The van der Waals surface area contributed by atoms with Crippen molar-refractivity contribution in [2.45, 2.75) is 13.0 Å². The predicted octanol–water partition coefficient (Wildman–Crippen LogP) is 3.41. The number of aromatic nitrogens is 3. The molecule has 1 aromatic heterocycles. The minimum atomic E-state index is -0.585. The molecule has 0 bridgehead atoms. The van der Waals surface area contributed by atoms with Crippen LogP contribution in [-0.2, 0) is 9.53 Å². The second-order valence-corrected chi connectivity index (χ2v) is 5.98. The number of anilines is 1. The Morgan fingerprint density at radius 3 is 2.63 bits per heavy atom. The summed E-state index contributed by atoms with van der Waals surface area (Å²) >= 11 is 0. The number of carbonyl (C=O) groups is 1. The summed E-state index contributed by atoms with van der Waals surface area (Å²) in [4.78, 5) is 17.2. The molecule has 136 valence electrons. The third-order valence-electron chi connectivity index (χ3n) is 4.34. The second-order valence-electron chi connectivity index (χ2n) is 5.98. The maximum Gasteiger partial charge on any atom is 0.338 e. The summed E-state index contributed by atoms with van der Waals surface area (Å²) < 4.78 is 20.4. The number of esters is 1. The van der Waals surface area contributed by atoms with Gasteiger partial charge in [-0.15, -0.1) is 0 Å². The van der Waals surface area contributed by atoms with Crippen LogP contribution in [0.25, 0.3) is 5.70 Å². The highest BCUT2D eigenvalue weighted by Gasteiger charge is 2.36. The van der Waals surface area contributed by atoms with Crippen molar-refractivity contribution < 1.29 is 13.9 Å². The molecule has 6 nitrogen and oxygen atoms in total. The average molecular weight is 364 g/mol. The highest BCUT2D eigenvalue weighted by Crippen LogP contribution is 2.38. The highest BCUT2D eigenvalue weighted by atomic mass is 19.1. The Labute approximate surface area is 155 Å². The Morgan fingerprint density at radius 2 is 1.93 bits per heavy atom. The maximum absolute atomic E-state index is 13.5. The van der Waals surface area contributed by atoms with E-state index in [9.17, 15) is 9.18 Å². The molecular weight excluding hydrogens is 347 g/mol. The molecule has 27 heavy (non-hydrogen) atoms. The molecular formula is C20H17FN4O2. The van der Waals surface area contributed by atoms with Crippen LogP contribution in [0.4, 0.5) is 10.3 Å². The van der Waals surface area contributed by atoms with Crippen molar-refractivity contribution in [3.63, 3.8) is 0 Å². The van der Waals surface area contributed by atoms with Crippen LogP contribution < -0.4 is 5.32 Å². The lowest BCUT2D eigenvalue weighted by Crippen LogP contribution is -2.30. The normalized spacial score (nSPS) is 15.9. The number of nitrogens with one attached hydrogen (secondary N) is 1. The fourth-order valence-electron chi connectivity index (χ4n) is 3.17. The average Bonchev–Trinajstić information content (AvgIpc) is 3.16.